The zero-order chi connectivity index (χ0) is 20.1. The molecule has 1 aliphatic rings. The molecule has 0 bridgehead atoms. The summed E-state index contributed by atoms with van der Waals surface area (Å²) in [6.45, 7) is 3.69. The number of esters is 1. The zero-order valence-electron chi connectivity index (χ0n) is 16.5. The Hall–Kier alpha value is -2.41. The first-order chi connectivity index (χ1) is 13.5. The summed E-state index contributed by atoms with van der Waals surface area (Å²) in [5, 5.41) is 3.55. The van der Waals surface area contributed by atoms with Crippen molar-refractivity contribution in [2.45, 2.75) is 58.5 Å². The smallest absolute Gasteiger partial charge is 0.357 e. The van der Waals surface area contributed by atoms with Gasteiger partial charge in [-0.2, -0.15) is 0 Å². The number of methoxy groups -OCH3 is 1. The third-order valence-corrected chi connectivity index (χ3v) is 6.11. The van der Waals surface area contributed by atoms with Crippen LogP contribution < -0.4 is 10.1 Å². The van der Waals surface area contributed by atoms with Gasteiger partial charge in [-0.3, -0.25) is 4.79 Å². The van der Waals surface area contributed by atoms with Gasteiger partial charge in [0.25, 0.3) is 0 Å². The van der Waals surface area contributed by atoms with Crippen LogP contribution in [-0.4, -0.2) is 24.0 Å². The maximum Gasteiger partial charge on any atom is 0.357 e. The molecule has 0 spiro atoms. The number of carbonyl (C=O) groups excluding carboxylic acids is 2. The minimum absolute atomic E-state index is 0.106. The normalized spacial score (nSPS) is 14.5. The van der Waals surface area contributed by atoms with E-state index in [1.54, 1.807) is 11.3 Å². The van der Waals surface area contributed by atoms with E-state index in [0.29, 0.717) is 24.0 Å². The average Bonchev–Trinajstić information content (AvgIpc) is 3.12. The Kier molecular flexibility index (Phi) is 6.67. The number of anilines is 1. The highest BCUT2D eigenvalue weighted by atomic mass is 32.1. The molecule has 1 fully saturated rings. The lowest BCUT2D eigenvalue weighted by Crippen LogP contribution is -2.10. The fourth-order valence-electron chi connectivity index (χ4n) is 3.52. The molecule has 1 N–H and O–H groups in total. The molecule has 1 aromatic heterocycles. The number of nitrogens with zero attached hydrogens (tertiary/aromatic N) is 1. The van der Waals surface area contributed by atoms with Crippen LogP contribution in [0.25, 0.3) is 0 Å². The Labute approximate surface area is 169 Å². The van der Waals surface area contributed by atoms with Gasteiger partial charge in [0.05, 0.1) is 7.11 Å². The van der Waals surface area contributed by atoms with E-state index in [9.17, 15) is 9.59 Å². The standard InChI is InChI=1S/C21H26N2O4S/c1-13-11-16(9-10-17(13)22-14(2)24)27-12-18-23-19(21(25)26-3)20(28-18)15-7-5-4-6-8-15/h9-11,15H,4-8,12H2,1-3H3,(H,22,24). The molecule has 28 heavy (non-hydrogen) atoms. The van der Waals surface area contributed by atoms with E-state index in [-0.39, 0.29) is 11.9 Å². The molecule has 3 rings (SSSR count). The molecule has 0 radical (unpaired) electrons. The number of aryl methyl sites for hydroxylation is 1. The topological polar surface area (TPSA) is 77.5 Å². The maximum atomic E-state index is 12.2. The van der Waals surface area contributed by atoms with E-state index in [4.69, 9.17) is 9.47 Å². The molecule has 1 aliphatic carbocycles. The Morgan fingerprint density at radius 1 is 1.25 bits per heavy atom. The molecule has 1 aromatic carbocycles. The first-order valence-electron chi connectivity index (χ1n) is 9.57. The molecular weight excluding hydrogens is 376 g/mol. The van der Waals surface area contributed by atoms with Crippen molar-refractivity contribution in [3.05, 3.63) is 39.3 Å². The predicted molar refractivity (Wildman–Crippen MR) is 109 cm³/mol. The lowest BCUT2D eigenvalue weighted by Gasteiger charge is -2.20. The first kappa shape index (κ1) is 20.3. The third-order valence-electron chi connectivity index (χ3n) is 4.92. The van der Waals surface area contributed by atoms with E-state index in [1.165, 1.54) is 33.3 Å². The van der Waals surface area contributed by atoms with Gasteiger partial charge in [0, 0.05) is 17.5 Å². The van der Waals surface area contributed by atoms with E-state index in [0.717, 1.165) is 34.0 Å². The highest BCUT2D eigenvalue weighted by molar-refractivity contribution is 7.12. The predicted octanol–water partition coefficient (Wildman–Crippen LogP) is 4.82. The fourth-order valence-corrected chi connectivity index (χ4v) is 4.66. The van der Waals surface area contributed by atoms with Crippen LogP contribution >= 0.6 is 11.3 Å². The van der Waals surface area contributed by atoms with Crippen molar-refractivity contribution >= 4 is 28.9 Å². The van der Waals surface area contributed by atoms with Crippen molar-refractivity contribution in [3.8, 4) is 5.75 Å². The van der Waals surface area contributed by atoms with Crippen LogP contribution in [0.4, 0.5) is 5.69 Å². The van der Waals surface area contributed by atoms with Crippen molar-refractivity contribution in [2.75, 3.05) is 12.4 Å². The number of aromatic nitrogens is 1. The van der Waals surface area contributed by atoms with Gasteiger partial charge in [-0.05, 0) is 49.4 Å². The van der Waals surface area contributed by atoms with Crippen LogP contribution in [0.5, 0.6) is 5.75 Å². The van der Waals surface area contributed by atoms with E-state index < -0.39 is 0 Å². The van der Waals surface area contributed by atoms with Gasteiger partial charge in [-0.25, -0.2) is 9.78 Å². The Morgan fingerprint density at radius 3 is 2.64 bits per heavy atom. The molecule has 0 atom stereocenters. The minimum Gasteiger partial charge on any atom is -0.486 e. The van der Waals surface area contributed by atoms with E-state index in [1.807, 2.05) is 25.1 Å². The van der Waals surface area contributed by atoms with Gasteiger partial charge >= 0.3 is 5.97 Å². The number of hydrogen-bond acceptors (Lipinski definition) is 6. The minimum atomic E-state index is -0.376. The molecular formula is C21H26N2O4S. The molecule has 1 amide bonds. The molecule has 1 saturated carbocycles. The van der Waals surface area contributed by atoms with Gasteiger partial charge in [-0.1, -0.05) is 19.3 Å². The number of nitrogens with one attached hydrogen (secondary N) is 1. The Morgan fingerprint density at radius 2 is 2.00 bits per heavy atom. The number of hydrogen-bond donors (Lipinski definition) is 1. The Bertz CT molecular complexity index is 856. The van der Waals surface area contributed by atoms with Crippen molar-refractivity contribution in [1.82, 2.24) is 4.98 Å². The molecule has 1 heterocycles. The summed E-state index contributed by atoms with van der Waals surface area (Å²) >= 11 is 1.55. The van der Waals surface area contributed by atoms with Crippen LogP contribution in [0.2, 0.25) is 0 Å². The second-order valence-corrected chi connectivity index (χ2v) is 8.21. The molecule has 150 valence electrons. The van der Waals surface area contributed by atoms with Gasteiger partial charge in [0.2, 0.25) is 5.91 Å². The van der Waals surface area contributed by atoms with E-state index in [2.05, 4.69) is 10.3 Å². The number of ether oxygens (including phenoxy) is 2. The number of benzene rings is 1. The van der Waals surface area contributed by atoms with Crippen LogP contribution in [-0.2, 0) is 16.1 Å². The summed E-state index contributed by atoms with van der Waals surface area (Å²) < 4.78 is 10.8. The summed E-state index contributed by atoms with van der Waals surface area (Å²) in [5.74, 6) is 0.595. The second-order valence-electron chi connectivity index (χ2n) is 7.09. The summed E-state index contributed by atoms with van der Waals surface area (Å²) in [6.07, 6.45) is 5.82. The summed E-state index contributed by atoms with van der Waals surface area (Å²) in [5.41, 5.74) is 2.13. The quantitative estimate of drug-likeness (QED) is 0.701. The van der Waals surface area contributed by atoms with Crippen LogP contribution in [0.1, 0.15) is 70.9 Å². The van der Waals surface area contributed by atoms with Crippen LogP contribution in [0, 0.1) is 6.92 Å². The lowest BCUT2D eigenvalue weighted by molar-refractivity contribution is -0.114. The fraction of sp³-hybridized carbons (Fsp3) is 0.476. The summed E-state index contributed by atoms with van der Waals surface area (Å²) in [6, 6.07) is 5.51. The van der Waals surface area contributed by atoms with Crippen LogP contribution in [0.3, 0.4) is 0 Å². The largest absolute Gasteiger partial charge is 0.486 e. The van der Waals surface area contributed by atoms with Gasteiger partial charge < -0.3 is 14.8 Å². The maximum absolute atomic E-state index is 12.2. The van der Waals surface area contributed by atoms with Crippen LogP contribution in [0.15, 0.2) is 18.2 Å². The van der Waals surface area contributed by atoms with Crippen molar-refractivity contribution in [2.24, 2.45) is 0 Å². The third kappa shape index (κ3) is 4.90. The number of rotatable bonds is 6. The van der Waals surface area contributed by atoms with Crippen molar-refractivity contribution in [3.63, 3.8) is 0 Å². The Balaban J connectivity index is 1.73. The second kappa shape index (κ2) is 9.19. The molecule has 2 aromatic rings. The summed E-state index contributed by atoms with van der Waals surface area (Å²) in [4.78, 5) is 28.9. The van der Waals surface area contributed by atoms with E-state index >= 15 is 0 Å². The van der Waals surface area contributed by atoms with Gasteiger partial charge in [0.1, 0.15) is 17.4 Å². The zero-order valence-corrected chi connectivity index (χ0v) is 17.4. The average molecular weight is 403 g/mol. The number of carbonyl (C=O) groups is 2. The van der Waals surface area contributed by atoms with Gasteiger partial charge in [0.15, 0.2) is 5.69 Å². The lowest BCUT2D eigenvalue weighted by atomic mass is 9.87. The molecule has 6 nitrogen and oxygen atoms in total. The highest BCUT2D eigenvalue weighted by Gasteiger charge is 2.26. The molecule has 7 heteroatoms. The number of amides is 1. The monoisotopic (exact) mass is 402 g/mol. The SMILES string of the molecule is COC(=O)c1nc(COc2ccc(NC(C)=O)c(C)c2)sc1C1CCCCC1. The van der Waals surface area contributed by atoms with Crippen molar-refractivity contribution in [1.29, 1.82) is 0 Å². The molecule has 0 aliphatic heterocycles. The molecule has 0 saturated heterocycles. The summed E-state index contributed by atoms with van der Waals surface area (Å²) in [7, 11) is 1.39. The first-order valence-corrected chi connectivity index (χ1v) is 10.4. The van der Waals surface area contributed by atoms with Gasteiger partial charge in [-0.15, -0.1) is 11.3 Å². The molecule has 0 unspecified atom stereocenters. The number of thiazole rings is 1. The highest BCUT2D eigenvalue weighted by Crippen LogP contribution is 2.38. The van der Waals surface area contributed by atoms with Crippen molar-refractivity contribution < 1.29 is 19.1 Å².